The lowest BCUT2D eigenvalue weighted by atomic mass is 10.2. The van der Waals surface area contributed by atoms with E-state index in [2.05, 4.69) is 10.4 Å². The molecule has 1 heterocycles. The van der Waals surface area contributed by atoms with Crippen molar-refractivity contribution in [3.8, 4) is 11.5 Å². The number of aromatic hydroxyl groups is 1. The second kappa shape index (κ2) is 6.45. The molecule has 6 heteroatoms. The molecule has 0 aliphatic carbocycles. The fourth-order valence-electron chi connectivity index (χ4n) is 2.42. The van der Waals surface area contributed by atoms with Crippen LogP contribution in [-0.2, 0) is 11.8 Å². The molecule has 0 bridgehead atoms. The normalized spacial score (nSPS) is 11.1. The molecule has 24 heavy (non-hydrogen) atoms. The number of aryl methyl sites for hydroxylation is 1. The van der Waals surface area contributed by atoms with Crippen LogP contribution >= 0.6 is 0 Å². The summed E-state index contributed by atoms with van der Waals surface area (Å²) >= 11 is 0. The van der Waals surface area contributed by atoms with Gasteiger partial charge in [-0.15, -0.1) is 0 Å². The molecule has 0 saturated carbocycles. The lowest BCUT2D eigenvalue weighted by molar-refractivity contribution is -0.111. The first-order valence-electron chi connectivity index (χ1n) is 7.35. The highest BCUT2D eigenvalue weighted by atomic mass is 16.5. The van der Waals surface area contributed by atoms with Gasteiger partial charge in [0.05, 0.1) is 12.8 Å². The summed E-state index contributed by atoms with van der Waals surface area (Å²) in [5, 5.41) is 17.9. The van der Waals surface area contributed by atoms with E-state index in [0.717, 1.165) is 10.9 Å². The van der Waals surface area contributed by atoms with Gasteiger partial charge in [0.1, 0.15) is 5.52 Å². The molecule has 2 N–H and O–H groups in total. The van der Waals surface area contributed by atoms with Crippen molar-refractivity contribution in [2.45, 2.75) is 0 Å². The minimum Gasteiger partial charge on any atom is -0.504 e. The zero-order chi connectivity index (χ0) is 17.1. The molecule has 1 amide bonds. The topological polar surface area (TPSA) is 76.4 Å². The summed E-state index contributed by atoms with van der Waals surface area (Å²) in [5.41, 5.74) is 2.09. The Hall–Kier alpha value is -3.28. The van der Waals surface area contributed by atoms with Crippen molar-refractivity contribution in [1.82, 2.24) is 9.78 Å². The molecule has 3 rings (SSSR count). The number of benzene rings is 2. The Labute approximate surface area is 139 Å². The number of rotatable bonds is 4. The highest BCUT2D eigenvalue weighted by molar-refractivity contribution is 6.06. The maximum atomic E-state index is 12.1. The lowest BCUT2D eigenvalue weighted by Gasteiger charge is -2.04. The van der Waals surface area contributed by atoms with Crippen molar-refractivity contribution >= 4 is 28.6 Å². The maximum absolute atomic E-state index is 12.1. The van der Waals surface area contributed by atoms with Gasteiger partial charge in [-0.05, 0) is 29.8 Å². The van der Waals surface area contributed by atoms with E-state index in [0.29, 0.717) is 17.0 Å². The van der Waals surface area contributed by atoms with Gasteiger partial charge in [0.25, 0.3) is 0 Å². The maximum Gasteiger partial charge on any atom is 0.248 e. The van der Waals surface area contributed by atoms with Gasteiger partial charge in [0, 0.05) is 24.7 Å². The standard InChI is InChI=1S/C18H17N3O3/c1-21-11-13-4-3-5-14(18(13)20-21)19-17(23)9-7-12-6-8-16(24-2)15(22)10-12/h3-11,22H,1-2H3,(H,19,23). The molecule has 122 valence electrons. The Morgan fingerprint density at radius 1 is 1.33 bits per heavy atom. The molecule has 2 aromatic carbocycles. The molecular formula is C18H17N3O3. The van der Waals surface area contributed by atoms with E-state index in [4.69, 9.17) is 4.74 Å². The number of fused-ring (bicyclic) bond motifs is 1. The Morgan fingerprint density at radius 2 is 2.17 bits per heavy atom. The van der Waals surface area contributed by atoms with Gasteiger partial charge in [0.2, 0.25) is 5.91 Å². The van der Waals surface area contributed by atoms with E-state index in [1.165, 1.54) is 19.3 Å². The molecule has 0 aliphatic heterocycles. The molecule has 1 aromatic heterocycles. The number of carbonyl (C=O) groups is 1. The number of phenols is 1. The molecule has 0 aliphatic rings. The zero-order valence-corrected chi connectivity index (χ0v) is 13.4. The highest BCUT2D eigenvalue weighted by Gasteiger charge is 2.07. The number of carbonyl (C=O) groups excluding carboxylic acids is 1. The van der Waals surface area contributed by atoms with Crippen molar-refractivity contribution in [3.63, 3.8) is 0 Å². The Bertz CT molecular complexity index is 928. The molecule has 0 radical (unpaired) electrons. The second-order valence-electron chi connectivity index (χ2n) is 5.30. The minimum absolute atomic E-state index is 0.0262. The summed E-state index contributed by atoms with van der Waals surface area (Å²) in [6, 6.07) is 10.5. The number of hydrogen-bond donors (Lipinski definition) is 2. The average Bonchev–Trinajstić information content (AvgIpc) is 2.94. The number of nitrogens with one attached hydrogen (secondary N) is 1. The monoisotopic (exact) mass is 323 g/mol. The van der Waals surface area contributed by atoms with Crippen LogP contribution in [0, 0.1) is 0 Å². The first-order valence-corrected chi connectivity index (χ1v) is 7.35. The fraction of sp³-hybridized carbons (Fsp3) is 0.111. The largest absolute Gasteiger partial charge is 0.504 e. The van der Waals surface area contributed by atoms with Crippen LogP contribution in [0.1, 0.15) is 5.56 Å². The number of phenolic OH excluding ortho intramolecular Hbond substituents is 1. The number of amides is 1. The number of methoxy groups -OCH3 is 1. The third-order valence-electron chi connectivity index (χ3n) is 3.54. The van der Waals surface area contributed by atoms with Crippen LogP contribution in [0.25, 0.3) is 17.0 Å². The fourth-order valence-corrected chi connectivity index (χ4v) is 2.42. The molecule has 0 saturated heterocycles. The summed E-state index contributed by atoms with van der Waals surface area (Å²) in [6.07, 6.45) is 4.91. The Morgan fingerprint density at radius 3 is 2.92 bits per heavy atom. The first-order chi connectivity index (χ1) is 11.6. The Kier molecular flexibility index (Phi) is 4.20. The summed E-state index contributed by atoms with van der Waals surface area (Å²) < 4.78 is 6.69. The molecule has 0 unspecified atom stereocenters. The number of hydrogen-bond acceptors (Lipinski definition) is 4. The smallest absolute Gasteiger partial charge is 0.248 e. The van der Waals surface area contributed by atoms with E-state index in [1.54, 1.807) is 29.0 Å². The van der Waals surface area contributed by atoms with Crippen LogP contribution in [0.5, 0.6) is 11.5 Å². The average molecular weight is 323 g/mol. The first kappa shape index (κ1) is 15.6. The molecular weight excluding hydrogens is 306 g/mol. The molecule has 0 spiro atoms. The SMILES string of the molecule is COc1ccc(C=CC(=O)Nc2cccc3cn(C)nc23)cc1O. The van der Waals surface area contributed by atoms with Gasteiger partial charge in [-0.25, -0.2) is 0 Å². The van der Waals surface area contributed by atoms with E-state index in [9.17, 15) is 9.90 Å². The predicted molar refractivity (Wildman–Crippen MR) is 93.0 cm³/mol. The van der Waals surface area contributed by atoms with E-state index in [-0.39, 0.29) is 11.7 Å². The van der Waals surface area contributed by atoms with E-state index >= 15 is 0 Å². The third kappa shape index (κ3) is 3.22. The summed E-state index contributed by atoms with van der Waals surface area (Å²) in [6.45, 7) is 0. The lowest BCUT2D eigenvalue weighted by Crippen LogP contribution is -2.08. The van der Waals surface area contributed by atoms with Crippen LogP contribution in [0.4, 0.5) is 5.69 Å². The van der Waals surface area contributed by atoms with Crippen molar-refractivity contribution in [2.24, 2.45) is 7.05 Å². The predicted octanol–water partition coefficient (Wildman–Crippen LogP) is 2.94. The van der Waals surface area contributed by atoms with E-state index < -0.39 is 0 Å². The number of aromatic nitrogens is 2. The quantitative estimate of drug-likeness (QED) is 0.724. The summed E-state index contributed by atoms with van der Waals surface area (Å²) in [7, 11) is 3.32. The van der Waals surface area contributed by atoms with Crippen LogP contribution in [0.15, 0.2) is 48.7 Å². The van der Waals surface area contributed by atoms with Crippen LogP contribution in [0.2, 0.25) is 0 Å². The van der Waals surface area contributed by atoms with Gasteiger partial charge in [-0.1, -0.05) is 18.2 Å². The summed E-state index contributed by atoms with van der Waals surface area (Å²) in [4.78, 5) is 12.1. The molecule has 3 aromatic rings. The molecule has 6 nitrogen and oxygen atoms in total. The molecule has 0 atom stereocenters. The van der Waals surface area contributed by atoms with Gasteiger partial charge in [-0.2, -0.15) is 5.10 Å². The van der Waals surface area contributed by atoms with Crippen LogP contribution in [0.3, 0.4) is 0 Å². The summed E-state index contributed by atoms with van der Waals surface area (Å²) in [5.74, 6) is 0.139. The molecule has 0 fully saturated rings. The number of anilines is 1. The van der Waals surface area contributed by atoms with E-state index in [1.807, 2.05) is 25.4 Å². The third-order valence-corrected chi connectivity index (χ3v) is 3.54. The van der Waals surface area contributed by atoms with Gasteiger partial charge < -0.3 is 15.2 Å². The van der Waals surface area contributed by atoms with Gasteiger partial charge in [0.15, 0.2) is 11.5 Å². The number of ether oxygens (including phenoxy) is 1. The van der Waals surface area contributed by atoms with Crippen molar-refractivity contribution < 1.29 is 14.6 Å². The van der Waals surface area contributed by atoms with Crippen molar-refractivity contribution in [2.75, 3.05) is 12.4 Å². The van der Waals surface area contributed by atoms with Gasteiger partial charge in [-0.3, -0.25) is 9.48 Å². The highest BCUT2D eigenvalue weighted by Crippen LogP contribution is 2.26. The van der Waals surface area contributed by atoms with Gasteiger partial charge >= 0.3 is 0 Å². The zero-order valence-electron chi connectivity index (χ0n) is 13.4. The minimum atomic E-state index is -0.275. The van der Waals surface area contributed by atoms with Crippen LogP contribution < -0.4 is 10.1 Å². The number of nitrogens with zero attached hydrogens (tertiary/aromatic N) is 2. The second-order valence-corrected chi connectivity index (χ2v) is 5.30. The van der Waals surface area contributed by atoms with Crippen molar-refractivity contribution in [3.05, 3.63) is 54.2 Å². The van der Waals surface area contributed by atoms with Crippen LogP contribution in [-0.4, -0.2) is 27.9 Å². The van der Waals surface area contributed by atoms with Crippen molar-refractivity contribution in [1.29, 1.82) is 0 Å². The Balaban J connectivity index is 1.76.